The first kappa shape index (κ1) is 33.6. The maximum absolute atomic E-state index is 14.0. The lowest BCUT2D eigenvalue weighted by Gasteiger charge is -2.34. The topological polar surface area (TPSA) is 117 Å². The fourth-order valence-electron chi connectivity index (χ4n) is 4.38. The van der Waals surface area contributed by atoms with Crippen LogP contribution < -0.4 is 15.4 Å². The van der Waals surface area contributed by atoms with Gasteiger partial charge in [0.15, 0.2) is 0 Å². The maximum atomic E-state index is 14.0. The summed E-state index contributed by atoms with van der Waals surface area (Å²) in [4.78, 5) is 41.9. The van der Waals surface area contributed by atoms with Crippen molar-refractivity contribution >= 4 is 23.6 Å². The van der Waals surface area contributed by atoms with Crippen LogP contribution in [0.2, 0.25) is 0 Å². The minimum Gasteiger partial charge on any atom is -0.497 e. The first-order chi connectivity index (χ1) is 19.5. The monoisotopic (exact) mass is 569 g/mol. The number of rotatable bonds is 15. The van der Waals surface area contributed by atoms with Gasteiger partial charge < -0.3 is 30.1 Å². The fourth-order valence-corrected chi connectivity index (χ4v) is 4.38. The van der Waals surface area contributed by atoms with Crippen molar-refractivity contribution in [1.82, 2.24) is 10.2 Å². The highest BCUT2D eigenvalue weighted by atomic mass is 16.6. The molecule has 0 aromatic heterocycles. The number of ether oxygens (including phenoxy) is 2. The van der Waals surface area contributed by atoms with Crippen LogP contribution in [-0.4, -0.2) is 59.8 Å². The molecule has 0 aliphatic heterocycles. The molecule has 2 aromatic rings. The van der Waals surface area contributed by atoms with E-state index in [0.717, 1.165) is 37.7 Å². The van der Waals surface area contributed by atoms with E-state index in [1.165, 1.54) is 4.90 Å². The number of aryl methyl sites for hydroxylation is 1. The minimum atomic E-state index is -1.29. The van der Waals surface area contributed by atoms with Gasteiger partial charge >= 0.3 is 6.09 Å². The number of nitrogens with one attached hydrogen (secondary N) is 2. The highest BCUT2D eigenvalue weighted by Crippen LogP contribution is 2.26. The summed E-state index contributed by atoms with van der Waals surface area (Å²) in [5.74, 6) is -0.323. The largest absolute Gasteiger partial charge is 0.497 e. The van der Waals surface area contributed by atoms with Crippen molar-refractivity contribution in [2.45, 2.75) is 90.8 Å². The van der Waals surface area contributed by atoms with E-state index in [4.69, 9.17) is 9.47 Å². The lowest BCUT2D eigenvalue weighted by molar-refractivity contribution is -0.141. The number of anilines is 1. The third-order valence-electron chi connectivity index (χ3n) is 6.58. The van der Waals surface area contributed by atoms with Crippen LogP contribution in [0, 0.1) is 0 Å². The van der Waals surface area contributed by atoms with Crippen LogP contribution in [0.5, 0.6) is 5.75 Å². The Bertz CT molecular complexity index is 1100. The summed E-state index contributed by atoms with van der Waals surface area (Å²) >= 11 is 0. The van der Waals surface area contributed by atoms with Gasteiger partial charge in [0.2, 0.25) is 5.91 Å². The van der Waals surface area contributed by atoms with Crippen LogP contribution in [-0.2, 0) is 20.7 Å². The molecule has 2 unspecified atom stereocenters. The van der Waals surface area contributed by atoms with Crippen molar-refractivity contribution in [3.8, 4) is 5.75 Å². The number of aliphatic hydroxyl groups is 1. The quantitative estimate of drug-likeness (QED) is 0.240. The van der Waals surface area contributed by atoms with Crippen molar-refractivity contribution in [2.24, 2.45) is 0 Å². The van der Waals surface area contributed by atoms with Crippen molar-refractivity contribution < 1.29 is 29.0 Å². The second-order valence-corrected chi connectivity index (χ2v) is 11.0. The Hall–Kier alpha value is -3.59. The third kappa shape index (κ3) is 11.1. The molecule has 0 bridgehead atoms. The lowest BCUT2D eigenvalue weighted by atomic mass is 9.99. The first-order valence-corrected chi connectivity index (χ1v) is 14.5. The van der Waals surface area contributed by atoms with Gasteiger partial charge in [0, 0.05) is 12.2 Å². The summed E-state index contributed by atoms with van der Waals surface area (Å²) in [5.41, 5.74) is 1.49. The SMILES string of the molecule is CCCCCCCN(C(=O)C(CO)NC(=O)OC(C)(C)C)C(C(=O)Nc1ccc(OC)cc1)c1ccc(CC)cc1. The van der Waals surface area contributed by atoms with Crippen molar-refractivity contribution in [3.63, 3.8) is 0 Å². The smallest absolute Gasteiger partial charge is 0.408 e. The van der Waals surface area contributed by atoms with Gasteiger partial charge in [0.25, 0.3) is 5.91 Å². The summed E-state index contributed by atoms with van der Waals surface area (Å²) in [6, 6.07) is 12.2. The van der Waals surface area contributed by atoms with Gasteiger partial charge in [-0.1, -0.05) is 63.8 Å². The zero-order valence-electron chi connectivity index (χ0n) is 25.4. The second-order valence-electron chi connectivity index (χ2n) is 11.0. The highest BCUT2D eigenvalue weighted by Gasteiger charge is 2.36. The zero-order chi connectivity index (χ0) is 30.4. The molecule has 3 N–H and O–H groups in total. The molecule has 3 amide bonds. The van der Waals surface area contributed by atoms with E-state index < -0.39 is 42.2 Å². The van der Waals surface area contributed by atoms with E-state index in [0.29, 0.717) is 23.4 Å². The molecule has 0 saturated heterocycles. The second kappa shape index (κ2) is 16.6. The van der Waals surface area contributed by atoms with Gasteiger partial charge in [-0.3, -0.25) is 9.59 Å². The Morgan fingerprint density at radius 2 is 1.56 bits per heavy atom. The first-order valence-electron chi connectivity index (χ1n) is 14.5. The standard InChI is InChI=1S/C32H47N3O6/c1-7-9-10-11-12-21-35(30(38)27(22-36)34-31(39)41-32(3,4)5)28(24-15-13-23(8-2)14-16-24)29(37)33-25-17-19-26(40-6)20-18-25/h13-20,27-28,36H,7-12,21-22H2,1-6H3,(H,33,37)(H,34,39). The average Bonchev–Trinajstić information content (AvgIpc) is 2.94. The molecule has 9 heteroatoms. The molecule has 9 nitrogen and oxygen atoms in total. The number of unbranched alkanes of at least 4 members (excludes halogenated alkanes) is 4. The normalized spacial score (nSPS) is 12.7. The number of nitrogens with zero attached hydrogens (tertiary/aromatic N) is 1. The number of hydrogen-bond acceptors (Lipinski definition) is 6. The molecule has 0 heterocycles. The Morgan fingerprint density at radius 3 is 2.10 bits per heavy atom. The van der Waals surface area contributed by atoms with E-state index in [9.17, 15) is 19.5 Å². The summed E-state index contributed by atoms with van der Waals surface area (Å²) in [7, 11) is 1.57. The molecule has 41 heavy (non-hydrogen) atoms. The maximum Gasteiger partial charge on any atom is 0.408 e. The van der Waals surface area contributed by atoms with Crippen LogP contribution in [0.1, 0.15) is 83.9 Å². The molecule has 0 spiro atoms. The van der Waals surface area contributed by atoms with Gasteiger partial charge in [0.1, 0.15) is 23.4 Å². The van der Waals surface area contributed by atoms with Crippen molar-refractivity contribution in [3.05, 3.63) is 59.7 Å². The van der Waals surface area contributed by atoms with Gasteiger partial charge in [-0.05, 0) is 69.0 Å². The van der Waals surface area contributed by atoms with Crippen LogP contribution in [0.25, 0.3) is 0 Å². The van der Waals surface area contributed by atoms with E-state index >= 15 is 0 Å². The molecule has 0 saturated carbocycles. The summed E-state index contributed by atoms with van der Waals surface area (Å²) in [5, 5.41) is 15.6. The molecule has 2 rings (SSSR count). The number of carbonyl (C=O) groups is 3. The number of carbonyl (C=O) groups excluding carboxylic acids is 3. The van der Waals surface area contributed by atoms with Crippen LogP contribution >= 0.6 is 0 Å². The van der Waals surface area contributed by atoms with Gasteiger partial charge in [-0.2, -0.15) is 0 Å². The minimum absolute atomic E-state index is 0.269. The Kier molecular flexibility index (Phi) is 13.6. The van der Waals surface area contributed by atoms with Crippen molar-refractivity contribution in [2.75, 3.05) is 25.6 Å². The van der Waals surface area contributed by atoms with Crippen LogP contribution in [0.15, 0.2) is 48.5 Å². The highest BCUT2D eigenvalue weighted by molar-refractivity contribution is 5.99. The molecule has 0 radical (unpaired) electrons. The molecule has 2 aromatic carbocycles. The Balaban J connectivity index is 2.46. The lowest BCUT2D eigenvalue weighted by Crippen LogP contribution is -2.54. The molecule has 226 valence electrons. The van der Waals surface area contributed by atoms with E-state index in [1.54, 1.807) is 52.1 Å². The van der Waals surface area contributed by atoms with Gasteiger partial charge in [-0.25, -0.2) is 4.79 Å². The van der Waals surface area contributed by atoms with Crippen LogP contribution in [0.3, 0.4) is 0 Å². The summed E-state index contributed by atoms with van der Waals surface area (Å²) in [6.45, 7) is 8.93. The van der Waals surface area contributed by atoms with Gasteiger partial charge in [0.05, 0.1) is 13.7 Å². The summed E-state index contributed by atoms with van der Waals surface area (Å²) < 4.78 is 10.5. The molecular weight excluding hydrogens is 522 g/mol. The van der Waals surface area contributed by atoms with E-state index in [2.05, 4.69) is 17.6 Å². The predicted molar refractivity (Wildman–Crippen MR) is 161 cm³/mol. The van der Waals surface area contributed by atoms with Crippen molar-refractivity contribution in [1.29, 1.82) is 0 Å². The summed E-state index contributed by atoms with van der Waals surface area (Å²) in [6.07, 6.45) is 4.71. The molecule has 0 fully saturated rings. The van der Waals surface area contributed by atoms with Crippen LogP contribution in [0.4, 0.5) is 10.5 Å². The fraction of sp³-hybridized carbons (Fsp3) is 0.531. The Labute approximate surface area is 244 Å². The zero-order valence-corrected chi connectivity index (χ0v) is 25.4. The molecule has 2 atom stereocenters. The van der Waals surface area contributed by atoms with Gasteiger partial charge in [-0.15, -0.1) is 0 Å². The number of alkyl carbamates (subject to hydrolysis) is 1. The number of benzene rings is 2. The average molecular weight is 570 g/mol. The number of aliphatic hydroxyl groups excluding tert-OH is 1. The number of amides is 3. The number of methoxy groups -OCH3 is 1. The number of hydrogen-bond donors (Lipinski definition) is 3. The van der Waals surface area contributed by atoms with E-state index in [1.807, 2.05) is 31.2 Å². The third-order valence-corrected chi connectivity index (χ3v) is 6.58. The molecular formula is C32H47N3O6. The van der Waals surface area contributed by atoms with E-state index in [-0.39, 0.29) is 6.54 Å². The molecule has 0 aliphatic rings. The molecule has 0 aliphatic carbocycles. The Morgan fingerprint density at radius 1 is 0.927 bits per heavy atom. The predicted octanol–water partition coefficient (Wildman–Crippen LogP) is 5.62.